The van der Waals surface area contributed by atoms with Crippen molar-refractivity contribution >= 4 is 29.1 Å². The van der Waals surface area contributed by atoms with Crippen LogP contribution >= 0.6 is 11.6 Å². The van der Waals surface area contributed by atoms with Gasteiger partial charge in [-0.15, -0.1) is 0 Å². The third kappa shape index (κ3) is 4.92. The number of hydrogen-bond acceptors (Lipinski definition) is 4. The van der Waals surface area contributed by atoms with Crippen molar-refractivity contribution in [3.8, 4) is 11.5 Å². The summed E-state index contributed by atoms with van der Waals surface area (Å²) in [6, 6.07) is 8.86. The molecule has 0 heterocycles. The lowest BCUT2D eigenvalue weighted by atomic mass is 9.98. The molecule has 2 rings (SSSR count). The Kier molecular flexibility index (Phi) is 6.69. The van der Waals surface area contributed by atoms with Crippen molar-refractivity contribution in [1.29, 1.82) is 0 Å². The molecule has 0 unspecified atom stereocenters. The van der Waals surface area contributed by atoms with Crippen LogP contribution in [0, 0.1) is 6.92 Å². The molecule has 0 aliphatic heterocycles. The molecule has 6 nitrogen and oxygen atoms in total. The lowest BCUT2D eigenvalue weighted by Crippen LogP contribution is -2.20. The molecule has 0 bridgehead atoms. The van der Waals surface area contributed by atoms with Gasteiger partial charge < -0.3 is 20.5 Å². The smallest absolute Gasteiger partial charge is 0.255 e. The van der Waals surface area contributed by atoms with E-state index in [9.17, 15) is 9.59 Å². The van der Waals surface area contributed by atoms with E-state index >= 15 is 0 Å². The Hall–Kier alpha value is -2.73. The minimum Gasteiger partial charge on any atom is -0.493 e. The summed E-state index contributed by atoms with van der Waals surface area (Å²) in [6.45, 7) is 5.72. The number of para-hydroxylation sites is 1. The molecule has 7 heteroatoms. The molecular formula is C20H23ClN2O4. The van der Waals surface area contributed by atoms with Gasteiger partial charge in [0.1, 0.15) is 0 Å². The van der Waals surface area contributed by atoms with Crippen molar-refractivity contribution in [3.05, 3.63) is 52.0 Å². The number of ether oxygens (including phenoxy) is 2. The van der Waals surface area contributed by atoms with E-state index < -0.39 is 5.91 Å². The minimum atomic E-state index is -0.643. The van der Waals surface area contributed by atoms with Crippen LogP contribution in [-0.2, 0) is 4.79 Å². The van der Waals surface area contributed by atoms with Gasteiger partial charge in [0.2, 0.25) is 0 Å². The van der Waals surface area contributed by atoms with E-state index in [0.717, 1.165) is 16.8 Å². The molecule has 0 aliphatic carbocycles. The van der Waals surface area contributed by atoms with Gasteiger partial charge in [0.05, 0.1) is 12.1 Å². The lowest BCUT2D eigenvalue weighted by molar-refractivity contribution is -0.119. The van der Waals surface area contributed by atoms with E-state index in [4.69, 9.17) is 26.8 Å². The first-order chi connectivity index (χ1) is 12.7. The fraction of sp³-hybridized carbons (Fsp3) is 0.300. The number of nitrogens with one attached hydrogen (secondary N) is 1. The second kappa shape index (κ2) is 8.77. The van der Waals surface area contributed by atoms with Gasteiger partial charge in [0.15, 0.2) is 18.1 Å². The summed E-state index contributed by atoms with van der Waals surface area (Å²) in [6.07, 6.45) is 0. The summed E-state index contributed by atoms with van der Waals surface area (Å²) in [5.41, 5.74) is 8.18. The molecule has 0 aromatic heterocycles. The molecule has 2 amide bonds. The Bertz CT molecular complexity index is 865. The van der Waals surface area contributed by atoms with Gasteiger partial charge in [0, 0.05) is 11.3 Å². The Labute approximate surface area is 163 Å². The van der Waals surface area contributed by atoms with Crippen LogP contribution in [0.4, 0.5) is 5.69 Å². The Morgan fingerprint density at radius 1 is 1.26 bits per heavy atom. The largest absolute Gasteiger partial charge is 0.493 e. The van der Waals surface area contributed by atoms with Crippen molar-refractivity contribution in [2.24, 2.45) is 5.73 Å². The van der Waals surface area contributed by atoms with Crippen molar-refractivity contribution in [1.82, 2.24) is 0 Å². The zero-order valence-corrected chi connectivity index (χ0v) is 16.5. The predicted octanol–water partition coefficient (Wildman–Crippen LogP) is 3.90. The number of nitrogens with two attached hydrogens (primary N) is 1. The number of anilines is 1. The van der Waals surface area contributed by atoms with Gasteiger partial charge >= 0.3 is 0 Å². The summed E-state index contributed by atoms with van der Waals surface area (Å²) in [5, 5.41) is 3.10. The first-order valence-electron chi connectivity index (χ1n) is 8.44. The number of methoxy groups -OCH3 is 1. The van der Waals surface area contributed by atoms with Crippen LogP contribution in [0.1, 0.15) is 41.3 Å². The number of benzene rings is 2. The van der Waals surface area contributed by atoms with Crippen LogP contribution in [0.2, 0.25) is 5.02 Å². The highest BCUT2D eigenvalue weighted by Gasteiger charge is 2.18. The number of amides is 2. The molecule has 0 atom stereocenters. The number of aryl methyl sites for hydroxylation is 1. The Morgan fingerprint density at radius 2 is 1.96 bits per heavy atom. The highest BCUT2D eigenvalue weighted by atomic mass is 35.5. The Morgan fingerprint density at radius 3 is 2.56 bits per heavy atom. The van der Waals surface area contributed by atoms with Crippen molar-refractivity contribution in [2.45, 2.75) is 26.7 Å². The second-order valence-corrected chi connectivity index (χ2v) is 6.80. The average Bonchev–Trinajstić information content (AvgIpc) is 2.61. The number of primary amides is 1. The molecule has 0 fully saturated rings. The van der Waals surface area contributed by atoms with Crippen molar-refractivity contribution in [2.75, 3.05) is 19.0 Å². The average molecular weight is 391 g/mol. The van der Waals surface area contributed by atoms with Gasteiger partial charge in [-0.1, -0.05) is 43.6 Å². The van der Waals surface area contributed by atoms with Crippen LogP contribution in [-0.4, -0.2) is 25.5 Å². The molecule has 0 spiro atoms. The van der Waals surface area contributed by atoms with Crippen molar-refractivity contribution < 1.29 is 19.1 Å². The van der Waals surface area contributed by atoms with E-state index in [0.29, 0.717) is 5.56 Å². The van der Waals surface area contributed by atoms with E-state index in [1.165, 1.54) is 19.2 Å². The maximum absolute atomic E-state index is 12.8. The van der Waals surface area contributed by atoms with Crippen LogP contribution in [0.25, 0.3) is 0 Å². The van der Waals surface area contributed by atoms with Crippen LogP contribution in [0.3, 0.4) is 0 Å². The molecule has 2 aromatic carbocycles. The van der Waals surface area contributed by atoms with E-state index in [1.807, 2.05) is 25.1 Å². The molecule has 144 valence electrons. The molecule has 27 heavy (non-hydrogen) atoms. The maximum atomic E-state index is 12.8. The van der Waals surface area contributed by atoms with Crippen LogP contribution in [0.15, 0.2) is 30.3 Å². The topological polar surface area (TPSA) is 90.7 Å². The lowest BCUT2D eigenvalue weighted by Gasteiger charge is -2.17. The molecular weight excluding hydrogens is 368 g/mol. The standard InChI is InChI=1S/C20H23ClN2O4/c1-11(2)14-7-5-6-12(3)18(14)23-20(25)13-8-15(21)19(16(9-13)26-4)27-10-17(22)24/h5-9,11H,10H2,1-4H3,(H2,22,24)(H,23,25). The van der Waals surface area contributed by atoms with Crippen LogP contribution in [0.5, 0.6) is 11.5 Å². The predicted molar refractivity (Wildman–Crippen MR) is 106 cm³/mol. The molecule has 0 saturated heterocycles. The third-order valence-electron chi connectivity index (χ3n) is 4.02. The zero-order chi connectivity index (χ0) is 20.1. The normalized spacial score (nSPS) is 10.6. The number of hydrogen-bond donors (Lipinski definition) is 2. The third-order valence-corrected chi connectivity index (χ3v) is 4.30. The summed E-state index contributed by atoms with van der Waals surface area (Å²) in [4.78, 5) is 23.7. The van der Waals surface area contributed by atoms with E-state index in [2.05, 4.69) is 19.2 Å². The van der Waals surface area contributed by atoms with Gasteiger partial charge in [-0.25, -0.2) is 0 Å². The SMILES string of the molecule is COc1cc(C(=O)Nc2c(C)cccc2C(C)C)cc(Cl)c1OCC(N)=O. The molecule has 3 N–H and O–H groups in total. The summed E-state index contributed by atoms with van der Waals surface area (Å²) < 4.78 is 10.5. The minimum absolute atomic E-state index is 0.148. The van der Waals surface area contributed by atoms with Gasteiger partial charge in [-0.05, 0) is 36.1 Å². The monoisotopic (exact) mass is 390 g/mol. The van der Waals surface area contributed by atoms with E-state index in [-0.39, 0.29) is 35.0 Å². The number of rotatable bonds is 7. The van der Waals surface area contributed by atoms with Crippen LogP contribution < -0.4 is 20.5 Å². The fourth-order valence-corrected chi connectivity index (χ4v) is 2.93. The highest BCUT2D eigenvalue weighted by molar-refractivity contribution is 6.32. The quantitative estimate of drug-likeness (QED) is 0.750. The molecule has 0 saturated carbocycles. The first kappa shape index (κ1) is 20.6. The number of halogens is 1. The summed E-state index contributed by atoms with van der Waals surface area (Å²) >= 11 is 6.22. The summed E-state index contributed by atoms with van der Waals surface area (Å²) in [7, 11) is 1.42. The highest BCUT2D eigenvalue weighted by Crippen LogP contribution is 2.37. The van der Waals surface area contributed by atoms with Crippen molar-refractivity contribution in [3.63, 3.8) is 0 Å². The number of carbonyl (C=O) groups is 2. The molecule has 0 radical (unpaired) electrons. The number of carbonyl (C=O) groups excluding carboxylic acids is 2. The molecule has 2 aromatic rings. The fourth-order valence-electron chi connectivity index (χ4n) is 2.66. The maximum Gasteiger partial charge on any atom is 0.255 e. The second-order valence-electron chi connectivity index (χ2n) is 6.39. The van der Waals surface area contributed by atoms with E-state index in [1.54, 1.807) is 0 Å². The Balaban J connectivity index is 2.35. The first-order valence-corrected chi connectivity index (χ1v) is 8.81. The molecule has 0 aliphatic rings. The summed E-state index contributed by atoms with van der Waals surface area (Å²) in [5.74, 6) is -0.317. The van der Waals surface area contributed by atoms with Gasteiger partial charge in [-0.3, -0.25) is 9.59 Å². The van der Waals surface area contributed by atoms with Gasteiger partial charge in [0.25, 0.3) is 11.8 Å². The van der Waals surface area contributed by atoms with Gasteiger partial charge in [-0.2, -0.15) is 0 Å². The zero-order valence-electron chi connectivity index (χ0n) is 15.8.